The van der Waals surface area contributed by atoms with Gasteiger partial charge in [0.1, 0.15) is 6.04 Å². The van der Waals surface area contributed by atoms with E-state index in [0.717, 1.165) is 4.68 Å². The maximum atomic E-state index is 12.4. The quantitative estimate of drug-likeness (QED) is 0.547. The lowest BCUT2D eigenvalue weighted by atomic mass is 10.2. The smallest absolute Gasteiger partial charge is 0.271 e. The first-order valence-electron chi connectivity index (χ1n) is 7.61. The summed E-state index contributed by atoms with van der Waals surface area (Å²) in [6, 6.07) is 9.10. The van der Waals surface area contributed by atoms with E-state index in [1.54, 1.807) is 18.5 Å². The highest BCUT2D eigenvalue weighted by Gasteiger charge is 2.19. The zero-order chi connectivity index (χ0) is 18.7. The van der Waals surface area contributed by atoms with Crippen LogP contribution in [0.4, 0.5) is 11.4 Å². The van der Waals surface area contributed by atoms with Crippen molar-refractivity contribution < 1.29 is 9.72 Å². The van der Waals surface area contributed by atoms with Gasteiger partial charge in [0.05, 0.1) is 4.92 Å². The first kappa shape index (κ1) is 17.0. The fraction of sp³-hybridized carbons (Fsp3) is 0.125. The van der Waals surface area contributed by atoms with E-state index in [4.69, 9.17) is 0 Å². The number of benzene rings is 1. The van der Waals surface area contributed by atoms with E-state index in [9.17, 15) is 19.7 Å². The predicted molar refractivity (Wildman–Crippen MR) is 92.1 cm³/mol. The lowest BCUT2D eigenvalue weighted by molar-refractivity contribution is -0.384. The maximum Gasteiger partial charge on any atom is 0.271 e. The lowest BCUT2D eigenvalue weighted by Gasteiger charge is -2.14. The van der Waals surface area contributed by atoms with Crippen LogP contribution in [0.15, 0.2) is 59.7 Å². The van der Waals surface area contributed by atoms with Crippen LogP contribution in [0.25, 0.3) is 5.82 Å². The van der Waals surface area contributed by atoms with E-state index < -0.39 is 22.4 Å². The number of carbonyl (C=O) groups excluding carboxylic acids is 1. The Morgan fingerprint density at radius 1 is 1.27 bits per heavy atom. The molecule has 0 aliphatic carbocycles. The summed E-state index contributed by atoms with van der Waals surface area (Å²) in [5.41, 5.74) is -0.346. The number of anilines is 1. The number of carbonyl (C=O) groups is 1. The molecule has 2 heterocycles. The third-order valence-corrected chi connectivity index (χ3v) is 3.62. The van der Waals surface area contributed by atoms with Crippen LogP contribution in [-0.4, -0.2) is 30.4 Å². The fourth-order valence-corrected chi connectivity index (χ4v) is 2.27. The minimum atomic E-state index is -0.933. The Morgan fingerprint density at radius 2 is 2.08 bits per heavy atom. The number of nitrogens with zero attached hydrogens (tertiary/aromatic N) is 5. The molecule has 0 fully saturated rings. The van der Waals surface area contributed by atoms with Crippen LogP contribution in [-0.2, 0) is 4.79 Å². The Balaban J connectivity index is 1.85. The number of hydrogen-bond acceptors (Lipinski definition) is 6. The number of non-ortho nitro benzene ring substituents is 1. The molecule has 10 nitrogen and oxygen atoms in total. The van der Waals surface area contributed by atoms with Gasteiger partial charge in [0.15, 0.2) is 5.82 Å². The van der Waals surface area contributed by atoms with Gasteiger partial charge in [-0.05, 0) is 25.1 Å². The SMILES string of the molecule is CC(C(=O)Nc1cccc([N+](=O)[O-])c1)n1nc(-n2cccn2)ccc1=O. The Morgan fingerprint density at radius 3 is 2.77 bits per heavy atom. The Labute approximate surface area is 146 Å². The molecule has 3 aromatic rings. The molecule has 0 bridgehead atoms. The molecule has 0 saturated heterocycles. The monoisotopic (exact) mass is 354 g/mol. The van der Waals surface area contributed by atoms with E-state index in [2.05, 4.69) is 15.5 Å². The minimum absolute atomic E-state index is 0.147. The average Bonchev–Trinajstić information content (AvgIpc) is 3.16. The summed E-state index contributed by atoms with van der Waals surface area (Å²) in [5.74, 6) is -0.151. The van der Waals surface area contributed by atoms with Gasteiger partial charge in [0, 0.05) is 36.3 Å². The average molecular weight is 354 g/mol. The van der Waals surface area contributed by atoms with Crippen LogP contribution in [0.3, 0.4) is 0 Å². The molecule has 1 N–H and O–H groups in total. The van der Waals surface area contributed by atoms with Gasteiger partial charge in [-0.2, -0.15) is 5.10 Å². The second-order valence-corrected chi connectivity index (χ2v) is 5.40. The zero-order valence-corrected chi connectivity index (χ0v) is 13.6. The number of nitrogens with one attached hydrogen (secondary N) is 1. The molecule has 10 heteroatoms. The summed E-state index contributed by atoms with van der Waals surface area (Å²) in [7, 11) is 0. The van der Waals surface area contributed by atoms with Crippen LogP contribution < -0.4 is 10.9 Å². The summed E-state index contributed by atoms with van der Waals surface area (Å²) in [6.45, 7) is 1.51. The van der Waals surface area contributed by atoms with Gasteiger partial charge in [0.2, 0.25) is 5.91 Å². The number of amides is 1. The highest BCUT2D eigenvalue weighted by molar-refractivity contribution is 5.93. The van der Waals surface area contributed by atoms with E-state index in [1.165, 1.54) is 48.0 Å². The molecule has 0 aliphatic rings. The molecule has 2 aromatic heterocycles. The van der Waals surface area contributed by atoms with Crippen molar-refractivity contribution in [3.05, 3.63) is 75.3 Å². The molecular formula is C16H14N6O4. The van der Waals surface area contributed by atoms with Gasteiger partial charge in [-0.25, -0.2) is 9.36 Å². The first-order valence-corrected chi connectivity index (χ1v) is 7.61. The fourth-order valence-electron chi connectivity index (χ4n) is 2.27. The van der Waals surface area contributed by atoms with Crippen molar-refractivity contribution in [1.29, 1.82) is 0 Å². The molecule has 0 aliphatic heterocycles. The topological polar surface area (TPSA) is 125 Å². The molecule has 132 valence electrons. The van der Waals surface area contributed by atoms with Crippen molar-refractivity contribution in [2.75, 3.05) is 5.32 Å². The standard InChI is InChI=1S/C16H14N6O4/c1-11(16(24)18-12-4-2-5-13(10-12)22(25)26)21-15(23)7-6-14(19-21)20-9-3-8-17-20/h2-11H,1H3,(H,18,24). The maximum absolute atomic E-state index is 12.4. The van der Waals surface area contributed by atoms with Crippen molar-refractivity contribution in [1.82, 2.24) is 19.6 Å². The summed E-state index contributed by atoms with van der Waals surface area (Å²) in [6.07, 6.45) is 3.22. The third-order valence-electron chi connectivity index (χ3n) is 3.62. The van der Waals surface area contributed by atoms with Gasteiger partial charge in [0.25, 0.3) is 11.2 Å². The second-order valence-electron chi connectivity index (χ2n) is 5.40. The highest BCUT2D eigenvalue weighted by atomic mass is 16.6. The van der Waals surface area contributed by atoms with Crippen LogP contribution in [0.2, 0.25) is 0 Å². The number of hydrogen-bond donors (Lipinski definition) is 1. The number of nitro benzene ring substituents is 1. The van der Waals surface area contributed by atoms with Gasteiger partial charge in [-0.1, -0.05) is 6.07 Å². The normalized spacial score (nSPS) is 11.7. The number of aromatic nitrogens is 4. The van der Waals surface area contributed by atoms with Crippen LogP contribution in [0.5, 0.6) is 0 Å². The van der Waals surface area contributed by atoms with E-state index in [0.29, 0.717) is 5.82 Å². The lowest BCUT2D eigenvalue weighted by Crippen LogP contribution is -2.33. The Bertz CT molecular complexity index is 1010. The molecule has 26 heavy (non-hydrogen) atoms. The van der Waals surface area contributed by atoms with Gasteiger partial charge in [-0.15, -0.1) is 5.10 Å². The van der Waals surface area contributed by atoms with Crippen molar-refractivity contribution in [3.8, 4) is 5.82 Å². The van der Waals surface area contributed by atoms with Crippen LogP contribution >= 0.6 is 0 Å². The Kier molecular flexibility index (Phi) is 4.56. The highest BCUT2D eigenvalue weighted by Crippen LogP contribution is 2.18. The van der Waals surface area contributed by atoms with E-state index in [-0.39, 0.29) is 11.4 Å². The van der Waals surface area contributed by atoms with Crippen LogP contribution in [0, 0.1) is 10.1 Å². The molecular weight excluding hydrogens is 340 g/mol. The van der Waals surface area contributed by atoms with Crippen LogP contribution in [0.1, 0.15) is 13.0 Å². The number of nitro groups is 1. The summed E-state index contributed by atoms with van der Waals surface area (Å²) >= 11 is 0. The molecule has 0 radical (unpaired) electrons. The van der Waals surface area contributed by atoms with E-state index >= 15 is 0 Å². The van der Waals surface area contributed by atoms with Gasteiger partial charge in [-0.3, -0.25) is 19.7 Å². The van der Waals surface area contributed by atoms with Gasteiger partial charge < -0.3 is 5.32 Å². The minimum Gasteiger partial charge on any atom is -0.324 e. The molecule has 1 aromatic carbocycles. The van der Waals surface area contributed by atoms with Crippen molar-refractivity contribution in [2.24, 2.45) is 0 Å². The molecule has 1 unspecified atom stereocenters. The molecule has 3 rings (SSSR count). The molecule has 1 amide bonds. The third kappa shape index (κ3) is 3.48. The largest absolute Gasteiger partial charge is 0.324 e. The summed E-state index contributed by atoms with van der Waals surface area (Å²) in [5, 5.41) is 21.6. The molecule has 0 spiro atoms. The first-order chi connectivity index (χ1) is 12.5. The van der Waals surface area contributed by atoms with E-state index in [1.807, 2.05) is 0 Å². The molecule has 0 saturated carbocycles. The second kappa shape index (κ2) is 6.97. The zero-order valence-electron chi connectivity index (χ0n) is 13.6. The molecule has 1 atom stereocenters. The predicted octanol–water partition coefficient (Wildman–Crippen LogP) is 1.54. The van der Waals surface area contributed by atoms with Crippen molar-refractivity contribution in [3.63, 3.8) is 0 Å². The summed E-state index contributed by atoms with van der Waals surface area (Å²) in [4.78, 5) is 34.8. The summed E-state index contributed by atoms with van der Waals surface area (Å²) < 4.78 is 2.49. The Hall–Kier alpha value is -3.82. The van der Waals surface area contributed by atoms with Crippen molar-refractivity contribution in [2.45, 2.75) is 13.0 Å². The van der Waals surface area contributed by atoms with Crippen molar-refractivity contribution >= 4 is 17.3 Å². The van der Waals surface area contributed by atoms with Gasteiger partial charge >= 0.3 is 0 Å². The number of rotatable bonds is 5.